The summed E-state index contributed by atoms with van der Waals surface area (Å²) in [6.07, 6.45) is 8.47. The van der Waals surface area contributed by atoms with Crippen molar-refractivity contribution in [1.82, 2.24) is 15.6 Å². The largest absolute Gasteiger partial charge is 0.490 e. The monoisotopic (exact) mass is 367 g/mol. The molecular formula is C21H25N3O3. The van der Waals surface area contributed by atoms with Gasteiger partial charge in [0.1, 0.15) is 5.75 Å². The number of ether oxygens (including phenoxy) is 1. The number of hydrogen-bond donors (Lipinski definition) is 2. The number of carbonyl (C=O) groups excluding carboxylic acids is 2. The summed E-state index contributed by atoms with van der Waals surface area (Å²) in [5, 5.41) is 8.07. The number of carbonyl (C=O) groups is 2. The second-order valence-electron chi connectivity index (χ2n) is 7.49. The smallest absolute Gasteiger partial charge is 0.223 e. The van der Waals surface area contributed by atoms with E-state index < -0.39 is 0 Å². The standard InChI is InChI=1S/C21H25N3O3/c25-20-12-14(8-11-23-20)21(26)24-16-4-6-17(7-5-16)27-19-3-1-2-15-13-22-10-9-18(15)19/h1-3,9-10,13-14,16-17H,4-8,11-12H2,(H,23,25)(H,24,26). The molecule has 142 valence electrons. The first-order valence-corrected chi connectivity index (χ1v) is 9.75. The molecule has 0 radical (unpaired) electrons. The average molecular weight is 367 g/mol. The molecule has 1 aromatic heterocycles. The Morgan fingerprint density at radius 2 is 2.00 bits per heavy atom. The summed E-state index contributed by atoms with van der Waals surface area (Å²) in [7, 11) is 0. The summed E-state index contributed by atoms with van der Waals surface area (Å²) in [6.45, 7) is 0.595. The van der Waals surface area contributed by atoms with Crippen LogP contribution in [0.1, 0.15) is 38.5 Å². The molecular weight excluding hydrogens is 342 g/mol. The average Bonchev–Trinajstić information content (AvgIpc) is 2.70. The summed E-state index contributed by atoms with van der Waals surface area (Å²) in [5.74, 6) is 0.715. The molecule has 6 heteroatoms. The van der Waals surface area contributed by atoms with Crippen molar-refractivity contribution in [1.29, 1.82) is 0 Å². The van der Waals surface area contributed by atoms with Gasteiger partial charge in [0.15, 0.2) is 0 Å². The van der Waals surface area contributed by atoms with Crippen LogP contribution < -0.4 is 15.4 Å². The van der Waals surface area contributed by atoms with Gasteiger partial charge in [0.25, 0.3) is 0 Å². The second-order valence-corrected chi connectivity index (χ2v) is 7.49. The van der Waals surface area contributed by atoms with Crippen molar-refractivity contribution in [3.63, 3.8) is 0 Å². The zero-order chi connectivity index (χ0) is 18.6. The molecule has 2 N–H and O–H groups in total. The third kappa shape index (κ3) is 4.21. The lowest BCUT2D eigenvalue weighted by molar-refractivity contribution is -0.133. The van der Waals surface area contributed by atoms with E-state index in [9.17, 15) is 9.59 Å². The molecule has 2 amide bonds. The normalized spacial score (nSPS) is 25.6. The first-order chi connectivity index (χ1) is 13.2. The summed E-state index contributed by atoms with van der Waals surface area (Å²) < 4.78 is 6.26. The Labute approximate surface area is 158 Å². The fourth-order valence-electron chi connectivity index (χ4n) is 4.03. The minimum atomic E-state index is -0.183. The number of benzene rings is 1. The van der Waals surface area contributed by atoms with Gasteiger partial charge in [0, 0.05) is 48.1 Å². The van der Waals surface area contributed by atoms with Crippen molar-refractivity contribution < 1.29 is 14.3 Å². The highest BCUT2D eigenvalue weighted by Crippen LogP contribution is 2.29. The van der Waals surface area contributed by atoms with E-state index in [1.807, 2.05) is 30.5 Å². The number of pyridine rings is 1. The third-order valence-corrected chi connectivity index (χ3v) is 5.57. The molecule has 2 heterocycles. The van der Waals surface area contributed by atoms with E-state index in [0.717, 1.165) is 48.6 Å². The highest BCUT2D eigenvalue weighted by molar-refractivity contribution is 5.87. The molecule has 1 saturated heterocycles. The van der Waals surface area contributed by atoms with Crippen molar-refractivity contribution in [2.24, 2.45) is 5.92 Å². The number of hydrogen-bond acceptors (Lipinski definition) is 4. The fraction of sp³-hybridized carbons (Fsp3) is 0.476. The number of rotatable bonds is 4. The van der Waals surface area contributed by atoms with Gasteiger partial charge in [-0.3, -0.25) is 14.6 Å². The molecule has 1 atom stereocenters. The molecule has 2 aliphatic rings. The number of piperidine rings is 1. The zero-order valence-corrected chi connectivity index (χ0v) is 15.3. The quantitative estimate of drug-likeness (QED) is 0.870. The van der Waals surface area contributed by atoms with E-state index in [-0.39, 0.29) is 29.9 Å². The van der Waals surface area contributed by atoms with E-state index in [0.29, 0.717) is 13.0 Å². The van der Waals surface area contributed by atoms with Crippen molar-refractivity contribution in [3.05, 3.63) is 36.7 Å². The summed E-state index contributed by atoms with van der Waals surface area (Å²) in [4.78, 5) is 28.0. The van der Waals surface area contributed by atoms with Crippen LogP contribution in [0.4, 0.5) is 0 Å². The predicted octanol–water partition coefficient (Wildman–Crippen LogP) is 2.57. The Morgan fingerprint density at radius 1 is 1.15 bits per heavy atom. The topological polar surface area (TPSA) is 80.3 Å². The maximum Gasteiger partial charge on any atom is 0.223 e. The number of fused-ring (bicyclic) bond motifs is 1. The van der Waals surface area contributed by atoms with E-state index in [1.54, 1.807) is 6.20 Å². The maximum atomic E-state index is 12.4. The van der Waals surface area contributed by atoms with Gasteiger partial charge in [0.05, 0.1) is 6.10 Å². The highest BCUT2D eigenvalue weighted by Gasteiger charge is 2.29. The molecule has 1 unspecified atom stereocenters. The molecule has 27 heavy (non-hydrogen) atoms. The Hall–Kier alpha value is -2.63. The minimum Gasteiger partial charge on any atom is -0.490 e. The lowest BCUT2D eigenvalue weighted by atomic mass is 9.91. The Kier molecular flexibility index (Phi) is 5.23. The molecule has 1 aliphatic heterocycles. The SMILES string of the molecule is O=C1CC(C(=O)NC2CCC(Oc3cccc4cnccc34)CC2)CCN1. The van der Waals surface area contributed by atoms with Crippen LogP contribution in [0.15, 0.2) is 36.7 Å². The van der Waals surface area contributed by atoms with Gasteiger partial charge >= 0.3 is 0 Å². The van der Waals surface area contributed by atoms with Crippen LogP contribution in [0.25, 0.3) is 10.8 Å². The molecule has 4 rings (SSSR count). The van der Waals surface area contributed by atoms with Gasteiger partial charge in [-0.05, 0) is 44.2 Å². The Morgan fingerprint density at radius 3 is 2.81 bits per heavy atom. The molecule has 1 saturated carbocycles. The van der Waals surface area contributed by atoms with Crippen LogP contribution in [-0.4, -0.2) is 35.5 Å². The van der Waals surface area contributed by atoms with Crippen LogP contribution in [0.5, 0.6) is 5.75 Å². The second kappa shape index (κ2) is 7.94. The van der Waals surface area contributed by atoms with Gasteiger partial charge in [-0.25, -0.2) is 0 Å². The zero-order valence-electron chi connectivity index (χ0n) is 15.3. The minimum absolute atomic E-state index is 0.0239. The van der Waals surface area contributed by atoms with Crippen molar-refractivity contribution in [2.45, 2.75) is 50.7 Å². The molecule has 1 aromatic carbocycles. The van der Waals surface area contributed by atoms with Crippen LogP contribution >= 0.6 is 0 Å². The van der Waals surface area contributed by atoms with E-state index in [2.05, 4.69) is 15.6 Å². The summed E-state index contributed by atoms with van der Waals surface area (Å²) >= 11 is 0. The number of nitrogens with one attached hydrogen (secondary N) is 2. The molecule has 2 aromatic rings. The summed E-state index contributed by atoms with van der Waals surface area (Å²) in [6, 6.07) is 8.19. The Bertz CT molecular complexity index is 825. The van der Waals surface area contributed by atoms with Crippen LogP contribution in [-0.2, 0) is 9.59 Å². The van der Waals surface area contributed by atoms with Crippen LogP contribution in [0.2, 0.25) is 0 Å². The predicted molar refractivity (Wildman–Crippen MR) is 102 cm³/mol. The Balaban J connectivity index is 1.30. The molecule has 0 bridgehead atoms. The number of nitrogens with zero attached hydrogens (tertiary/aromatic N) is 1. The van der Waals surface area contributed by atoms with Gasteiger partial charge in [0.2, 0.25) is 11.8 Å². The first kappa shape index (κ1) is 17.8. The fourth-order valence-corrected chi connectivity index (χ4v) is 4.03. The lowest BCUT2D eigenvalue weighted by Gasteiger charge is -2.31. The van der Waals surface area contributed by atoms with Crippen LogP contribution in [0, 0.1) is 5.92 Å². The van der Waals surface area contributed by atoms with E-state index >= 15 is 0 Å². The highest BCUT2D eigenvalue weighted by atomic mass is 16.5. The van der Waals surface area contributed by atoms with Gasteiger partial charge in [-0.15, -0.1) is 0 Å². The first-order valence-electron chi connectivity index (χ1n) is 9.75. The number of aromatic nitrogens is 1. The van der Waals surface area contributed by atoms with E-state index in [1.165, 1.54) is 0 Å². The van der Waals surface area contributed by atoms with Crippen molar-refractivity contribution in [3.8, 4) is 5.75 Å². The maximum absolute atomic E-state index is 12.4. The van der Waals surface area contributed by atoms with Gasteiger partial charge < -0.3 is 15.4 Å². The van der Waals surface area contributed by atoms with E-state index in [4.69, 9.17) is 4.74 Å². The third-order valence-electron chi connectivity index (χ3n) is 5.57. The molecule has 2 fully saturated rings. The van der Waals surface area contributed by atoms with Crippen molar-refractivity contribution in [2.75, 3.05) is 6.54 Å². The van der Waals surface area contributed by atoms with Crippen molar-refractivity contribution >= 4 is 22.6 Å². The molecule has 6 nitrogen and oxygen atoms in total. The molecule has 0 spiro atoms. The number of amides is 2. The van der Waals surface area contributed by atoms with Gasteiger partial charge in [-0.1, -0.05) is 12.1 Å². The molecule has 1 aliphatic carbocycles. The van der Waals surface area contributed by atoms with Gasteiger partial charge in [-0.2, -0.15) is 0 Å². The summed E-state index contributed by atoms with van der Waals surface area (Å²) in [5.41, 5.74) is 0. The van der Waals surface area contributed by atoms with Crippen LogP contribution in [0.3, 0.4) is 0 Å². The lowest BCUT2D eigenvalue weighted by Crippen LogP contribution is -2.46.